The number of hydrogen-bond donors (Lipinski definition) is 0. The topological polar surface area (TPSA) is 48.8 Å². The first-order valence-electron chi connectivity index (χ1n) is 10.2. The number of rotatable bonds is 4. The van der Waals surface area contributed by atoms with Gasteiger partial charge in [-0.25, -0.2) is 0 Å². The van der Waals surface area contributed by atoms with E-state index in [4.69, 9.17) is 12.2 Å². The van der Waals surface area contributed by atoms with E-state index < -0.39 is 0 Å². The average Bonchev–Trinajstić information content (AvgIpc) is 3.33. The quantitative estimate of drug-likeness (QED) is 0.491. The molecule has 0 unspecified atom stereocenters. The standard InChI is InChI=1S/C23H24N4O2S3/c1-6-13-26-20(29)18(22-25(7-2)14(3)15(4)31-22)32-21(26)17-19(28)27(23(30)24(17)5)16-11-9-8-10-12-16/h6,8-12H,1,7,13H2,2-5H3. The Morgan fingerprint density at radius 3 is 2.47 bits per heavy atom. The molecule has 3 heterocycles. The molecule has 4 rings (SSSR count). The highest BCUT2D eigenvalue weighted by Crippen LogP contribution is 2.40. The number of hydrogen-bond acceptors (Lipinski definition) is 6. The van der Waals surface area contributed by atoms with Gasteiger partial charge in [-0.05, 0) is 45.1 Å². The molecule has 2 aliphatic heterocycles. The molecule has 32 heavy (non-hydrogen) atoms. The summed E-state index contributed by atoms with van der Waals surface area (Å²) >= 11 is 8.55. The fraction of sp³-hybridized carbons (Fsp3) is 0.261. The Labute approximate surface area is 200 Å². The zero-order chi connectivity index (χ0) is 23.2. The first-order valence-corrected chi connectivity index (χ1v) is 12.2. The molecule has 0 spiro atoms. The third-order valence-electron chi connectivity index (χ3n) is 5.55. The maximum Gasteiger partial charge on any atom is 0.284 e. The van der Waals surface area contributed by atoms with Gasteiger partial charge < -0.3 is 9.80 Å². The number of amides is 1. The number of likely N-dealkylation sites (N-methyl/N-ethyl adjacent to an activating group) is 1. The Balaban J connectivity index is 2.01. The predicted octanol–water partition coefficient (Wildman–Crippen LogP) is 2.85. The molecule has 1 aromatic carbocycles. The number of benzene rings is 1. The molecule has 0 saturated carbocycles. The third-order valence-corrected chi connectivity index (χ3v) is 8.54. The molecular formula is C23H24N4O2S3. The van der Waals surface area contributed by atoms with Crippen molar-refractivity contribution >= 4 is 62.7 Å². The zero-order valence-electron chi connectivity index (χ0n) is 18.4. The number of aromatic nitrogens is 1. The minimum Gasteiger partial charge on any atom is -0.338 e. The van der Waals surface area contributed by atoms with Crippen LogP contribution in [-0.4, -0.2) is 39.0 Å². The van der Waals surface area contributed by atoms with E-state index in [1.165, 1.54) is 21.1 Å². The van der Waals surface area contributed by atoms with Gasteiger partial charge in [0.05, 0.1) is 5.69 Å². The summed E-state index contributed by atoms with van der Waals surface area (Å²) in [5.41, 5.74) is 2.13. The fourth-order valence-corrected chi connectivity index (χ4v) is 6.61. The van der Waals surface area contributed by atoms with Crippen LogP contribution in [0, 0.1) is 0 Å². The van der Waals surface area contributed by atoms with Gasteiger partial charge in [0.1, 0.15) is 19.9 Å². The summed E-state index contributed by atoms with van der Waals surface area (Å²) < 4.78 is 2.84. The number of anilines is 1. The van der Waals surface area contributed by atoms with E-state index in [1.807, 2.05) is 30.3 Å². The normalized spacial score (nSPS) is 20.2. The monoisotopic (exact) mass is 484 g/mol. The maximum absolute atomic E-state index is 13.5. The van der Waals surface area contributed by atoms with Crippen molar-refractivity contribution in [1.82, 2.24) is 14.4 Å². The lowest BCUT2D eigenvalue weighted by atomic mass is 10.3. The van der Waals surface area contributed by atoms with E-state index in [0.29, 0.717) is 32.2 Å². The molecule has 1 amide bonds. The van der Waals surface area contributed by atoms with Gasteiger partial charge in [-0.2, -0.15) is 0 Å². The number of carbonyl (C=O) groups is 1. The van der Waals surface area contributed by atoms with Crippen molar-refractivity contribution in [3.8, 4) is 0 Å². The SMILES string of the molecule is C=CCn1c(=C2C(=O)N(c3ccccc3)C(=S)N2C)sc(=C2SC(C)=C(C)N2CC)c1=O. The minimum absolute atomic E-state index is 0.119. The first kappa shape index (κ1) is 22.6. The van der Waals surface area contributed by atoms with Crippen molar-refractivity contribution in [2.45, 2.75) is 27.3 Å². The first-order chi connectivity index (χ1) is 15.3. The van der Waals surface area contributed by atoms with Crippen LogP contribution >= 0.6 is 35.3 Å². The number of thioether (sulfide) groups is 1. The second-order valence-electron chi connectivity index (χ2n) is 7.40. The number of thiocarbonyl (C=S) groups is 1. The van der Waals surface area contributed by atoms with E-state index in [-0.39, 0.29) is 11.5 Å². The molecule has 1 aromatic heterocycles. The molecule has 9 heteroatoms. The van der Waals surface area contributed by atoms with Crippen LogP contribution in [0.3, 0.4) is 0 Å². The fourth-order valence-electron chi connectivity index (χ4n) is 3.80. The van der Waals surface area contributed by atoms with Crippen LogP contribution < -0.4 is 19.7 Å². The lowest BCUT2D eigenvalue weighted by molar-refractivity contribution is -0.112. The minimum atomic E-state index is -0.240. The lowest BCUT2D eigenvalue weighted by Crippen LogP contribution is -2.35. The van der Waals surface area contributed by atoms with Crippen LogP contribution in [0.25, 0.3) is 10.7 Å². The lowest BCUT2D eigenvalue weighted by Gasteiger charge is -2.17. The van der Waals surface area contributed by atoms with Gasteiger partial charge in [0.15, 0.2) is 5.11 Å². The number of nitrogens with zero attached hydrogens (tertiary/aromatic N) is 4. The number of carbonyl (C=O) groups excluding carboxylic acids is 1. The molecule has 166 valence electrons. The third kappa shape index (κ3) is 3.44. The molecular weight excluding hydrogens is 460 g/mol. The molecule has 0 radical (unpaired) electrons. The van der Waals surface area contributed by atoms with Gasteiger partial charge in [-0.15, -0.1) is 17.9 Å². The molecule has 0 aliphatic carbocycles. The molecule has 0 bridgehead atoms. The van der Waals surface area contributed by atoms with E-state index >= 15 is 0 Å². The van der Waals surface area contributed by atoms with Crippen molar-refractivity contribution in [2.75, 3.05) is 18.5 Å². The summed E-state index contributed by atoms with van der Waals surface area (Å²) in [4.78, 5) is 33.6. The molecule has 2 aromatic rings. The second kappa shape index (κ2) is 8.73. The van der Waals surface area contributed by atoms with Gasteiger partial charge in [0.25, 0.3) is 11.5 Å². The number of thiazole rings is 1. The van der Waals surface area contributed by atoms with Crippen molar-refractivity contribution in [1.29, 1.82) is 0 Å². The Morgan fingerprint density at radius 2 is 1.84 bits per heavy atom. The Morgan fingerprint density at radius 1 is 1.16 bits per heavy atom. The summed E-state index contributed by atoms with van der Waals surface area (Å²) in [5.74, 6) is -0.240. The maximum atomic E-state index is 13.5. The van der Waals surface area contributed by atoms with Crippen molar-refractivity contribution in [3.05, 3.63) is 73.1 Å². The molecule has 2 aliphatic rings. The highest BCUT2D eigenvalue weighted by atomic mass is 32.2. The number of para-hydroxylation sites is 1. The van der Waals surface area contributed by atoms with Crippen molar-refractivity contribution in [3.63, 3.8) is 0 Å². The molecule has 1 saturated heterocycles. The van der Waals surface area contributed by atoms with E-state index in [0.717, 1.165) is 17.3 Å². The van der Waals surface area contributed by atoms with Crippen LogP contribution in [0.4, 0.5) is 5.69 Å². The Bertz CT molecular complexity index is 1340. The van der Waals surface area contributed by atoms with Gasteiger partial charge in [-0.1, -0.05) is 36.0 Å². The number of allylic oxidation sites excluding steroid dienone is 3. The predicted molar refractivity (Wildman–Crippen MR) is 137 cm³/mol. The molecule has 6 nitrogen and oxygen atoms in total. The van der Waals surface area contributed by atoms with Gasteiger partial charge in [0.2, 0.25) is 0 Å². The van der Waals surface area contributed by atoms with Gasteiger partial charge >= 0.3 is 0 Å². The smallest absolute Gasteiger partial charge is 0.284 e. The second-order valence-corrected chi connectivity index (χ2v) is 9.97. The van der Waals surface area contributed by atoms with Crippen LogP contribution in [-0.2, 0) is 11.3 Å². The Hall–Kier alpha value is -2.62. The molecule has 0 atom stereocenters. The summed E-state index contributed by atoms with van der Waals surface area (Å²) in [6.45, 7) is 11.1. The van der Waals surface area contributed by atoms with Crippen LogP contribution in [0.1, 0.15) is 20.8 Å². The van der Waals surface area contributed by atoms with Crippen LogP contribution in [0.5, 0.6) is 0 Å². The molecule has 0 N–H and O–H groups in total. The van der Waals surface area contributed by atoms with E-state index in [1.54, 1.807) is 34.4 Å². The van der Waals surface area contributed by atoms with Gasteiger partial charge in [-0.3, -0.25) is 19.1 Å². The average molecular weight is 485 g/mol. The summed E-state index contributed by atoms with van der Waals surface area (Å²) in [6.07, 6.45) is 1.67. The summed E-state index contributed by atoms with van der Waals surface area (Å²) in [6, 6.07) is 9.32. The van der Waals surface area contributed by atoms with Crippen molar-refractivity contribution < 1.29 is 4.79 Å². The zero-order valence-corrected chi connectivity index (χ0v) is 20.9. The Kier molecular flexibility index (Phi) is 6.15. The highest BCUT2D eigenvalue weighted by molar-refractivity contribution is 8.11. The summed E-state index contributed by atoms with van der Waals surface area (Å²) in [5, 5.41) is 1.30. The highest BCUT2D eigenvalue weighted by Gasteiger charge is 2.38. The van der Waals surface area contributed by atoms with Gasteiger partial charge in [0, 0.05) is 30.7 Å². The van der Waals surface area contributed by atoms with Crippen LogP contribution in [0.2, 0.25) is 0 Å². The van der Waals surface area contributed by atoms with Crippen molar-refractivity contribution in [2.24, 2.45) is 0 Å². The van der Waals surface area contributed by atoms with E-state index in [9.17, 15) is 9.59 Å². The largest absolute Gasteiger partial charge is 0.338 e. The van der Waals surface area contributed by atoms with E-state index in [2.05, 4.69) is 32.3 Å². The molecule has 1 fully saturated rings. The summed E-state index contributed by atoms with van der Waals surface area (Å²) in [7, 11) is 1.77. The van der Waals surface area contributed by atoms with Crippen LogP contribution in [0.15, 0.2) is 58.4 Å².